The highest BCUT2D eigenvalue weighted by Crippen LogP contribution is 2.38. The number of rotatable bonds is 3. The summed E-state index contributed by atoms with van der Waals surface area (Å²) >= 11 is 0. The van der Waals surface area contributed by atoms with Crippen LogP contribution < -0.4 is 4.74 Å². The van der Waals surface area contributed by atoms with E-state index in [0.29, 0.717) is 0 Å². The van der Waals surface area contributed by atoms with Gasteiger partial charge in [0, 0.05) is 0 Å². The zero-order valence-corrected chi connectivity index (χ0v) is 10.5. The van der Waals surface area contributed by atoms with E-state index in [1.54, 1.807) is 13.2 Å². The minimum Gasteiger partial charge on any atom is -0.497 e. The van der Waals surface area contributed by atoms with Crippen LogP contribution in [0, 0.1) is 0 Å². The van der Waals surface area contributed by atoms with Crippen LogP contribution in [0.2, 0.25) is 0 Å². The Balaban J connectivity index is 2.23. The highest BCUT2D eigenvalue weighted by Gasteiger charge is 2.40. The molecule has 0 aromatic heterocycles. The van der Waals surface area contributed by atoms with Crippen LogP contribution in [-0.2, 0) is 9.47 Å². The van der Waals surface area contributed by atoms with Crippen LogP contribution in [0.1, 0.15) is 25.5 Å². The average Bonchev–Trinajstić information content (AvgIpc) is 2.65. The molecule has 1 fully saturated rings. The van der Waals surface area contributed by atoms with Gasteiger partial charge in [-0.25, -0.2) is 0 Å². The van der Waals surface area contributed by atoms with E-state index in [2.05, 4.69) is 6.58 Å². The number of ether oxygens (including phenoxy) is 3. The van der Waals surface area contributed by atoms with Crippen LogP contribution in [0.3, 0.4) is 0 Å². The average molecular weight is 234 g/mol. The van der Waals surface area contributed by atoms with Crippen molar-refractivity contribution in [3.05, 3.63) is 42.5 Å². The first-order valence-electron chi connectivity index (χ1n) is 5.68. The molecular weight excluding hydrogens is 216 g/mol. The minimum absolute atomic E-state index is 0.103. The first-order chi connectivity index (χ1) is 8.05. The van der Waals surface area contributed by atoms with Gasteiger partial charge in [0.1, 0.15) is 18.0 Å². The van der Waals surface area contributed by atoms with E-state index >= 15 is 0 Å². The van der Waals surface area contributed by atoms with E-state index in [1.807, 2.05) is 38.1 Å². The molecule has 92 valence electrons. The fourth-order valence-corrected chi connectivity index (χ4v) is 2.01. The van der Waals surface area contributed by atoms with E-state index < -0.39 is 5.79 Å². The van der Waals surface area contributed by atoms with Gasteiger partial charge in [-0.2, -0.15) is 0 Å². The molecule has 0 saturated carbocycles. The van der Waals surface area contributed by atoms with Gasteiger partial charge in [-0.3, -0.25) is 0 Å². The SMILES string of the molecule is C=C[C@H]1OC(C)(C)O[C@H]1c1ccc(OC)cc1. The molecule has 0 aliphatic carbocycles. The summed E-state index contributed by atoms with van der Waals surface area (Å²) in [6.45, 7) is 7.61. The van der Waals surface area contributed by atoms with Gasteiger partial charge in [-0.05, 0) is 31.5 Å². The summed E-state index contributed by atoms with van der Waals surface area (Å²) in [5.41, 5.74) is 1.07. The molecule has 0 spiro atoms. The van der Waals surface area contributed by atoms with Crippen molar-refractivity contribution in [3.8, 4) is 5.75 Å². The van der Waals surface area contributed by atoms with E-state index in [1.165, 1.54) is 0 Å². The molecule has 17 heavy (non-hydrogen) atoms. The van der Waals surface area contributed by atoms with Gasteiger partial charge < -0.3 is 14.2 Å². The molecule has 1 aromatic carbocycles. The fourth-order valence-electron chi connectivity index (χ4n) is 2.01. The minimum atomic E-state index is -0.566. The molecule has 1 heterocycles. The quantitative estimate of drug-likeness (QED) is 0.752. The first kappa shape index (κ1) is 12.1. The topological polar surface area (TPSA) is 27.7 Å². The van der Waals surface area contributed by atoms with Crippen molar-refractivity contribution >= 4 is 0 Å². The Morgan fingerprint density at radius 3 is 2.41 bits per heavy atom. The predicted octanol–water partition coefficient (Wildman–Crippen LogP) is 3.07. The van der Waals surface area contributed by atoms with Gasteiger partial charge in [0.05, 0.1) is 7.11 Å². The van der Waals surface area contributed by atoms with Gasteiger partial charge >= 0.3 is 0 Å². The van der Waals surface area contributed by atoms with Crippen LogP contribution in [0.15, 0.2) is 36.9 Å². The maximum atomic E-state index is 5.88. The lowest BCUT2D eigenvalue weighted by atomic mass is 10.0. The smallest absolute Gasteiger partial charge is 0.164 e. The van der Waals surface area contributed by atoms with Crippen molar-refractivity contribution in [2.24, 2.45) is 0 Å². The Bertz CT molecular complexity index is 394. The number of hydrogen-bond acceptors (Lipinski definition) is 3. The Kier molecular flexibility index (Phi) is 3.22. The van der Waals surface area contributed by atoms with Crippen molar-refractivity contribution in [1.29, 1.82) is 0 Å². The van der Waals surface area contributed by atoms with E-state index in [0.717, 1.165) is 11.3 Å². The van der Waals surface area contributed by atoms with Crippen LogP contribution in [0.5, 0.6) is 5.75 Å². The molecule has 1 aliphatic heterocycles. The van der Waals surface area contributed by atoms with Crippen LogP contribution >= 0.6 is 0 Å². The van der Waals surface area contributed by atoms with Gasteiger partial charge in [0.2, 0.25) is 0 Å². The zero-order valence-electron chi connectivity index (χ0n) is 10.5. The monoisotopic (exact) mass is 234 g/mol. The summed E-state index contributed by atoms with van der Waals surface area (Å²) in [5.74, 6) is 0.269. The number of benzene rings is 1. The molecule has 0 N–H and O–H groups in total. The molecule has 2 atom stereocenters. The summed E-state index contributed by atoms with van der Waals surface area (Å²) in [7, 11) is 1.65. The van der Waals surface area contributed by atoms with Gasteiger partial charge in [-0.1, -0.05) is 18.2 Å². The van der Waals surface area contributed by atoms with Crippen molar-refractivity contribution in [2.75, 3.05) is 7.11 Å². The van der Waals surface area contributed by atoms with E-state index in [-0.39, 0.29) is 12.2 Å². The highest BCUT2D eigenvalue weighted by molar-refractivity contribution is 5.30. The van der Waals surface area contributed by atoms with E-state index in [9.17, 15) is 0 Å². The van der Waals surface area contributed by atoms with Crippen molar-refractivity contribution < 1.29 is 14.2 Å². The molecule has 1 aromatic rings. The maximum Gasteiger partial charge on any atom is 0.164 e. The third-order valence-electron chi connectivity index (χ3n) is 2.81. The van der Waals surface area contributed by atoms with Crippen LogP contribution in [0.25, 0.3) is 0 Å². The largest absolute Gasteiger partial charge is 0.497 e. The number of hydrogen-bond donors (Lipinski definition) is 0. The molecule has 1 aliphatic rings. The lowest BCUT2D eigenvalue weighted by Crippen LogP contribution is -2.20. The third kappa shape index (κ3) is 2.51. The first-order valence-corrected chi connectivity index (χ1v) is 5.68. The molecule has 3 nitrogen and oxygen atoms in total. The second kappa shape index (κ2) is 4.51. The fraction of sp³-hybridized carbons (Fsp3) is 0.429. The molecule has 0 unspecified atom stereocenters. The Hall–Kier alpha value is -1.32. The molecule has 1 saturated heterocycles. The lowest BCUT2D eigenvalue weighted by molar-refractivity contribution is -0.143. The second-order valence-corrected chi connectivity index (χ2v) is 4.53. The van der Waals surface area contributed by atoms with Gasteiger partial charge in [0.25, 0.3) is 0 Å². The highest BCUT2D eigenvalue weighted by atomic mass is 16.7. The Labute approximate surface area is 102 Å². The summed E-state index contributed by atoms with van der Waals surface area (Å²) in [4.78, 5) is 0. The van der Waals surface area contributed by atoms with Crippen LogP contribution in [0.4, 0.5) is 0 Å². The van der Waals surface area contributed by atoms with Gasteiger partial charge in [-0.15, -0.1) is 6.58 Å². The van der Waals surface area contributed by atoms with Gasteiger partial charge in [0.15, 0.2) is 5.79 Å². The van der Waals surface area contributed by atoms with Crippen molar-refractivity contribution in [1.82, 2.24) is 0 Å². The summed E-state index contributed by atoms with van der Waals surface area (Å²) in [6.07, 6.45) is 1.57. The van der Waals surface area contributed by atoms with E-state index in [4.69, 9.17) is 14.2 Å². The maximum absolute atomic E-state index is 5.88. The number of methoxy groups -OCH3 is 1. The summed E-state index contributed by atoms with van der Waals surface area (Å²) in [5, 5.41) is 0. The second-order valence-electron chi connectivity index (χ2n) is 4.53. The van der Waals surface area contributed by atoms with Crippen LogP contribution in [-0.4, -0.2) is 19.0 Å². The summed E-state index contributed by atoms with van der Waals surface area (Å²) < 4.78 is 16.8. The van der Waals surface area contributed by atoms with Crippen molar-refractivity contribution in [3.63, 3.8) is 0 Å². The Morgan fingerprint density at radius 2 is 1.88 bits per heavy atom. The molecule has 2 rings (SSSR count). The zero-order chi connectivity index (χ0) is 12.5. The molecule has 0 bridgehead atoms. The van der Waals surface area contributed by atoms with Crippen molar-refractivity contribution in [2.45, 2.75) is 31.8 Å². The summed E-state index contributed by atoms with van der Waals surface area (Å²) in [6, 6.07) is 7.82. The Morgan fingerprint density at radius 1 is 1.24 bits per heavy atom. The lowest BCUT2D eigenvalue weighted by Gasteiger charge is -2.17. The predicted molar refractivity (Wildman–Crippen MR) is 66.0 cm³/mol. The molecular formula is C14H18O3. The molecule has 0 amide bonds. The molecule has 3 heteroatoms. The third-order valence-corrected chi connectivity index (χ3v) is 2.81. The standard InChI is InChI=1S/C14H18O3/c1-5-12-13(17-14(2,3)16-12)10-6-8-11(15-4)9-7-10/h5-9,12-13H,1H2,2-4H3/t12-,13+/m1/s1. The normalized spacial score (nSPS) is 26.8. The molecule has 0 radical (unpaired) electrons.